The molecule has 8 N–H and O–H groups in total. The van der Waals surface area contributed by atoms with Crippen LogP contribution in [0.5, 0.6) is 0 Å². The number of hydrogen-bond acceptors (Lipinski definition) is 13. The van der Waals surface area contributed by atoms with Crippen LogP contribution in [0, 0.1) is 0 Å². The minimum atomic E-state index is -4.79. The summed E-state index contributed by atoms with van der Waals surface area (Å²) in [6, 6.07) is 18.8. The van der Waals surface area contributed by atoms with Crippen LogP contribution in [0.4, 0.5) is 0 Å². The molecule has 3 rings (SSSR count). The van der Waals surface area contributed by atoms with Gasteiger partial charge in [0.15, 0.2) is 12.6 Å². The van der Waals surface area contributed by atoms with Crippen molar-refractivity contribution in [3.05, 3.63) is 71.8 Å². The van der Waals surface area contributed by atoms with Gasteiger partial charge in [-0.15, -0.1) is 0 Å². The van der Waals surface area contributed by atoms with Crippen LogP contribution in [-0.2, 0) is 33.4 Å². The van der Waals surface area contributed by atoms with Crippen LogP contribution in [0.25, 0.3) is 0 Å². The van der Waals surface area contributed by atoms with Crippen molar-refractivity contribution < 1.29 is 68.6 Å². The SMILES string of the molecule is O=C(O)CN(CCN(CC(=O)O)CC(COP(=O)(O)OC1CCC(c2ccccc2)(c2ccccc2)CC1)N(CC(O)O)CC(O)O)CC(=O)O. The van der Waals surface area contributed by atoms with Crippen molar-refractivity contribution in [3.8, 4) is 0 Å². The number of carboxylic acid groups (broad SMARTS) is 3. The quantitative estimate of drug-likeness (QED) is 0.0559. The van der Waals surface area contributed by atoms with E-state index in [9.17, 15) is 49.4 Å². The van der Waals surface area contributed by atoms with Crippen molar-refractivity contribution in [2.24, 2.45) is 0 Å². The van der Waals surface area contributed by atoms with Crippen LogP contribution >= 0.6 is 7.82 Å². The largest absolute Gasteiger partial charge is 0.480 e. The zero-order valence-corrected chi connectivity index (χ0v) is 29.0. The molecule has 1 fully saturated rings. The molecule has 1 aliphatic rings. The zero-order chi connectivity index (χ0) is 37.6. The number of aliphatic hydroxyl groups is 4. The predicted molar refractivity (Wildman–Crippen MR) is 180 cm³/mol. The topological polar surface area (TPSA) is 258 Å². The Morgan fingerprint density at radius 2 is 1.16 bits per heavy atom. The molecular formula is C33H48N3O14P. The lowest BCUT2D eigenvalue weighted by atomic mass is 9.65. The van der Waals surface area contributed by atoms with E-state index in [2.05, 4.69) is 24.3 Å². The normalized spacial score (nSPS) is 16.9. The first-order chi connectivity index (χ1) is 24.1. The average molecular weight is 742 g/mol. The van der Waals surface area contributed by atoms with Crippen molar-refractivity contribution in [1.29, 1.82) is 0 Å². The van der Waals surface area contributed by atoms with Crippen molar-refractivity contribution in [1.82, 2.24) is 14.7 Å². The van der Waals surface area contributed by atoms with E-state index in [0.29, 0.717) is 25.7 Å². The van der Waals surface area contributed by atoms with Crippen LogP contribution in [0.2, 0.25) is 0 Å². The number of aliphatic hydroxyl groups excluding tert-OH is 2. The number of phosphoric ester groups is 1. The molecular weight excluding hydrogens is 693 g/mol. The molecule has 0 radical (unpaired) electrons. The minimum Gasteiger partial charge on any atom is -0.480 e. The van der Waals surface area contributed by atoms with Crippen molar-refractivity contribution in [3.63, 3.8) is 0 Å². The molecule has 0 aliphatic heterocycles. The molecule has 18 heteroatoms. The van der Waals surface area contributed by atoms with E-state index in [1.165, 1.54) is 4.90 Å². The van der Waals surface area contributed by atoms with Gasteiger partial charge in [-0.3, -0.25) is 38.1 Å². The summed E-state index contributed by atoms with van der Waals surface area (Å²) < 4.78 is 24.3. The molecule has 2 atom stereocenters. The van der Waals surface area contributed by atoms with Gasteiger partial charge < -0.3 is 40.6 Å². The molecule has 1 saturated carbocycles. The summed E-state index contributed by atoms with van der Waals surface area (Å²) in [5, 5.41) is 66.7. The number of carbonyl (C=O) groups is 3. The summed E-state index contributed by atoms with van der Waals surface area (Å²) in [6.07, 6.45) is -2.63. The summed E-state index contributed by atoms with van der Waals surface area (Å²) in [5.74, 6) is -3.94. The van der Waals surface area contributed by atoms with Gasteiger partial charge in [-0.25, -0.2) is 4.57 Å². The fourth-order valence-electron chi connectivity index (χ4n) is 6.52. The third kappa shape index (κ3) is 14.3. The number of nitrogens with zero attached hydrogens (tertiary/aromatic N) is 3. The maximum atomic E-state index is 13.3. The number of rotatable bonds is 23. The van der Waals surface area contributed by atoms with Crippen molar-refractivity contribution >= 4 is 25.7 Å². The second-order valence-corrected chi connectivity index (χ2v) is 14.0. The molecule has 0 saturated heterocycles. The lowest BCUT2D eigenvalue weighted by Gasteiger charge is -2.41. The van der Waals surface area contributed by atoms with Crippen molar-refractivity contribution in [2.75, 3.05) is 59.0 Å². The second kappa shape index (κ2) is 20.1. The van der Waals surface area contributed by atoms with Gasteiger partial charge in [-0.1, -0.05) is 60.7 Å². The molecule has 17 nitrogen and oxygen atoms in total. The Labute approximate surface area is 295 Å². The Bertz CT molecular complexity index is 1360. The minimum absolute atomic E-state index is 0.194. The molecule has 0 spiro atoms. The molecule has 2 unspecified atom stereocenters. The molecule has 0 amide bonds. The van der Waals surface area contributed by atoms with Gasteiger partial charge in [0, 0.05) is 44.2 Å². The molecule has 1 aliphatic carbocycles. The van der Waals surface area contributed by atoms with E-state index in [-0.39, 0.29) is 25.0 Å². The predicted octanol–water partition coefficient (Wildman–Crippen LogP) is 0.199. The van der Waals surface area contributed by atoms with Crippen LogP contribution < -0.4 is 0 Å². The van der Waals surface area contributed by atoms with Gasteiger partial charge in [-0.2, -0.15) is 0 Å². The van der Waals surface area contributed by atoms with Gasteiger partial charge in [0.1, 0.15) is 0 Å². The van der Waals surface area contributed by atoms with Crippen LogP contribution in [0.15, 0.2) is 60.7 Å². The highest BCUT2D eigenvalue weighted by Crippen LogP contribution is 2.51. The molecule has 0 heterocycles. The second-order valence-electron chi connectivity index (χ2n) is 12.6. The number of hydrogen-bond donors (Lipinski definition) is 8. The number of aliphatic carboxylic acids is 3. The maximum Gasteiger partial charge on any atom is 0.472 e. The lowest BCUT2D eigenvalue weighted by Crippen LogP contribution is -2.53. The third-order valence-electron chi connectivity index (χ3n) is 8.74. The lowest BCUT2D eigenvalue weighted by molar-refractivity contribution is -0.143. The van der Waals surface area contributed by atoms with E-state index in [1.807, 2.05) is 36.4 Å². The summed E-state index contributed by atoms with van der Waals surface area (Å²) in [4.78, 5) is 48.5. The van der Waals surface area contributed by atoms with Gasteiger partial charge in [0.2, 0.25) is 0 Å². The highest BCUT2D eigenvalue weighted by Gasteiger charge is 2.41. The van der Waals surface area contributed by atoms with E-state index in [1.54, 1.807) is 0 Å². The zero-order valence-electron chi connectivity index (χ0n) is 28.1. The van der Waals surface area contributed by atoms with Gasteiger partial charge in [0.25, 0.3) is 0 Å². The van der Waals surface area contributed by atoms with E-state index in [4.69, 9.17) is 19.3 Å². The monoisotopic (exact) mass is 741 g/mol. The first-order valence-electron chi connectivity index (χ1n) is 16.4. The molecule has 51 heavy (non-hydrogen) atoms. The average Bonchev–Trinajstić information content (AvgIpc) is 3.05. The molecule has 2 aromatic rings. The molecule has 0 bridgehead atoms. The fraction of sp³-hybridized carbons (Fsp3) is 0.545. The van der Waals surface area contributed by atoms with Gasteiger partial charge in [0.05, 0.1) is 32.3 Å². The third-order valence-corrected chi connectivity index (χ3v) is 9.78. The first kappa shape index (κ1) is 42.1. The number of benzene rings is 2. The van der Waals surface area contributed by atoms with Crippen LogP contribution in [0.1, 0.15) is 36.8 Å². The highest BCUT2D eigenvalue weighted by atomic mass is 31.2. The Morgan fingerprint density at radius 3 is 1.59 bits per heavy atom. The van der Waals surface area contributed by atoms with Crippen LogP contribution in [-0.4, -0.2) is 157 Å². The standard InChI is InChI=1S/C33H48N3O14P/c37-28(38)18-34(15-16-35(19-29(39)40)20-30(41)42)17-26(36(21-31(43)44)22-32(45)46)23-49-51(47,48)50-27-11-13-33(14-12-27,24-7-3-1-4-8-24)25-9-5-2-6-10-25/h1-10,26-27,31-32,43-46H,11-23H2,(H,37,38)(H,39,40)(H,41,42)(H,47,48). The Balaban J connectivity index is 1.76. The first-order valence-corrected chi connectivity index (χ1v) is 17.9. The number of carboxylic acids is 3. The number of phosphoric acid groups is 1. The van der Waals surface area contributed by atoms with E-state index < -0.39 is 89.8 Å². The summed E-state index contributed by atoms with van der Waals surface area (Å²) in [5.41, 5.74) is 1.87. The summed E-state index contributed by atoms with van der Waals surface area (Å²) >= 11 is 0. The molecule has 2 aromatic carbocycles. The molecule has 0 aromatic heterocycles. The Morgan fingerprint density at radius 1 is 0.725 bits per heavy atom. The van der Waals surface area contributed by atoms with Crippen molar-refractivity contribution in [2.45, 2.75) is 55.8 Å². The fourth-order valence-corrected chi connectivity index (χ4v) is 7.53. The maximum absolute atomic E-state index is 13.3. The van der Waals surface area contributed by atoms with Gasteiger partial charge >= 0.3 is 25.7 Å². The highest BCUT2D eigenvalue weighted by molar-refractivity contribution is 7.47. The molecule has 284 valence electrons. The smallest absolute Gasteiger partial charge is 0.472 e. The van der Waals surface area contributed by atoms with Crippen LogP contribution in [0.3, 0.4) is 0 Å². The Kier molecular flexibility index (Phi) is 16.6. The summed E-state index contributed by atoms with van der Waals surface area (Å²) in [7, 11) is -4.79. The summed E-state index contributed by atoms with van der Waals surface area (Å²) in [6.45, 7) is -4.55. The van der Waals surface area contributed by atoms with E-state index >= 15 is 0 Å². The van der Waals surface area contributed by atoms with E-state index in [0.717, 1.165) is 20.9 Å². The Hall–Kier alpha value is -3.32. The van der Waals surface area contributed by atoms with Gasteiger partial charge in [-0.05, 0) is 36.8 Å².